The third kappa shape index (κ3) is 2.41. The first-order valence-corrected chi connectivity index (χ1v) is 4.90. The predicted molar refractivity (Wildman–Crippen MR) is 60.8 cm³/mol. The first kappa shape index (κ1) is 11.1. The molecule has 2 rings (SSSR count). The average Bonchev–Trinajstić information content (AvgIpc) is 2.67. The van der Waals surface area contributed by atoms with Crippen LogP contribution in [-0.2, 0) is 0 Å². The van der Waals surface area contributed by atoms with Gasteiger partial charge in [0.25, 0.3) is 0 Å². The number of nitrogens with two attached hydrogens (primary N) is 1. The van der Waals surface area contributed by atoms with Gasteiger partial charge in [-0.05, 0) is 25.1 Å². The lowest BCUT2D eigenvalue weighted by molar-refractivity contribution is 0.426. The highest BCUT2D eigenvalue weighted by Crippen LogP contribution is 2.23. The summed E-state index contributed by atoms with van der Waals surface area (Å²) in [6, 6.07) is 5.73. The highest BCUT2D eigenvalue weighted by Gasteiger charge is 2.08. The number of hydrogen-bond acceptors (Lipinski definition) is 3. The molecular weight excluding hydrogens is 223 g/mol. The van der Waals surface area contributed by atoms with E-state index in [1.165, 1.54) is 12.1 Å². The summed E-state index contributed by atoms with van der Waals surface area (Å²) in [4.78, 5) is 0. The van der Waals surface area contributed by atoms with Crippen LogP contribution < -0.4 is 10.5 Å². The lowest BCUT2D eigenvalue weighted by Crippen LogP contribution is -2.11. The van der Waals surface area contributed by atoms with Crippen LogP contribution in [0.15, 0.2) is 24.3 Å². The van der Waals surface area contributed by atoms with E-state index >= 15 is 0 Å². The molecule has 1 heterocycles. The minimum Gasteiger partial charge on any atom is -0.434 e. The summed E-state index contributed by atoms with van der Waals surface area (Å²) < 4.78 is 18.8. The van der Waals surface area contributed by atoms with E-state index in [0.29, 0.717) is 5.56 Å². The van der Waals surface area contributed by atoms with Gasteiger partial charge in [0, 0.05) is 17.3 Å². The Morgan fingerprint density at radius 1 is 1.47 bits per heavy atom. The molecule has 5 nitrogen and oxygen atoms in total. The van der Waals surface area contributed by atoms with Gasteiger partial charge in [0.15, 0.2) is 11.6 Å². The zero-order chi connectivity index (χ0) is 12.4. The highest BCUT2D eigenvalue weighted by atomic mass is 19.1. The number of halogens is 1. The SMILES string of the molecule is Cc1cc(Oc2ccc(C(=N)N)cc2F)n[nH]1. The van der Waals surface area contributed by atoms with Crippen LogP contribution in [0.2, 0.25) is 0 Å². The fraction of sp³-hybridized carbons (Fsp3) is 0.0909. The molecule has 1 aromatic carbocycles. The zero-order valence-electron chi connectivity index (χ0n) is 9.12. The van der Waals surface area contributed by atoms with Crippen molar-refractivity contribution in [3.63, 3.8) is 0 Å². The van der Waals surface area contributed by atoms with Crippen molar-refractivity contribution in [3.05, 3.63) is 41.3 Å². The molecule has 0 radical (unpaired) electrons. The van der Waals surface area contributed by atoms with Crippen molar-refractivity contribution in [2.75, 3.05) is 0 Å². The normalized spacial score (nSPS) is 10.2. The Balaban J connectivity index is 2.25. The summed E-state index contributed by atoms with van der Waals surface area (Å²) in [7, 11) is 0. The molecule has 0 aliphatic rings. The van der Waals surface area contributed by atoms with E-state index in [9.17, 15) is 4.39 Å². The van der Waals surface area contributed by atoms with Gasteiger partial charge in [-0.2, -0.15) is 0 Å². The maximum absolute atomic E-state index is 13.6. The van der Waals surface area contributed by atoms with Gasteiger partial charge in [0.1, 0.15) is 5.84 Å². The molecule has 0 atom stereocenters. The summed E-state index contributed by atoms with van der Waals surface area (Å²) in [5.74, 6) is -0.442. The number of aromatic nitrogens is 2. The molecule has 0 saturated carbocycles. The van der Waals surface area contributed by atoms with E-state index in [2.05, 4.69) is 10.2 Å². The van der Waals surface area contributed by atoms with Crippen molar-refractivity contribution in [1.82, 2.24) is 10.2 Å². The van der Waals surface area contributed by atoms with Crippen molar-refractivity contribution in [2.45, 2.75) is 6.92 Å². The standard InChI is InChI=1S/C11H11FN4O/c1-6-4-10(16-15-6)17-9-3-2-7(11(13)14)5-8(9)12/h2-5H,1H3,(H3,13,14)(H,15,16). The molecule has 0 unspecified atom stereocenters. The van der Waals surface area contributed by atoms with Crippen molar-refractivity contribution in [1.29, 1.82) is 5.41 Å². The first-order valence-electron chi connectivity index (χ1n) is 4.90. The summed E-state index contributed by atoms with van der Waals surface area (Å²) in [5.41, 5.74) is 6.38. The predicted octanol–water partition coefficient (Wildman–Crippen LogP) is 1.93. The van der Waals surface area contributed by atoms with Crippen LogP contribution >= 0.6 is 0 Å². The van der Waals surface area contributed by atoms with E-state index in [1.807, 2.05) is 6.92 Å². The van der Waals surface area contributed by atoms with Gasteiger partial charge in [0.2, 0.25) is 5.88 Å². The quantitative estimate of drug-likeness (QED) is 0.560. The number of amidine groups is 1. The van der Waals surface area contributed by atoms with Crippen LogP contribution in [0.3, 0.4) is 0 Å². The number of nitrogen functional groups attached to an aromatic ring is 1. The zero-order valence-corrected chi connectivity index (χ0v) is 9.12. The number of H-pyrrole nitrogens is 1. The molecule has 1 aromatic heterocycles. The Morgan fingerprint density at radius 3 is 2.76 bits per heavy atom. The number of benzene rings is 1. The molecular formula is C11H11FN4O. The maximum Gasteiger partial charge on any atom is 0.238 e. The molecule has 0 bridgehead atoms. The van der Waals surface area contributed by atoms with Gasteiger partial charge in [-0.25, -0.2) is 4.39 Å². The molecule has 17 heavy (non-hydrogen) atoms. The number of ether oxygens (including phenoxy) is 1. The van der Waals surface area contributed by atoms with Crippen molar-refractivity contribution < 1.29 is 9.13 Å². The van der Waals surface area contributed by atoms with Crippen LogP contribution in [0.25, 0.3) is 0 Å². The van der Waals surface area contributed by atoms with Crippen LogP contribution in [0.4, 0.5) is 4.39 Å². The van der Waals surface area contributed by atoms with Crippen LogP contribution in [0.5, 0.6) is 11.6 Å². The Labute approximate surface area is 96.9 Å². The maximum atomic E-state index is 13.6. The lowest BCUT2D eigenvalue weighted by atomic mass is 10.2. The largest absolute Gasteiger partial charge is 0.434 e. The third-order valence-corrected chi connectivity index (χ3v) is 2.14. The second-order valence-corrected chi connectivity index (χ2v) is 3.55. The Hall–Kier alpha value is -2.37. The van der Waals surface area contributed by atoms with Crippen LogP contribution in [0.1, 0.15) is 11.3 Å². The number of nitrogens with zero attached hydrogens (tertiary/aromatic N) is 1. The van der Waals surface area contributed by atoms with Crippen molar-refractivity contribution in [3.8, 4) is 11.6 Å². The number of hydrogen-bond donors (Lipinski definition) is 3. The van der Waals surface area contributed by atoms with E-state index in [4.69, 9.17) is 15.9 Å². The summed E-state index contributed by atoms with van der Waals surface area (Å²) >= 11 is 0. The molecule has 0 aliphatic carbocycles. The minimum atomic E-state index is -0.585. The molecule has 6 heteroatoms. The smallest absolute Gasteiger partial charge is 0.238 e. The molecule has 0 saturated heterocycles. The van der Waals surface area contributed by atoms with Crippen LogP contribution in [0, 0.1) is 18.2 Å². The Bertz CT molecular complexity index is 564. The monoisotopic (exact) mass is 234 g/mol. The third-order valence-electron chi connectivity index (χ3n) is 2.14. The van der Waals surface area contributed by atoms with Gasteiger partial charge < -0.3 is 10.5 Å². The van der Waals surface area contributed by atoms with E-state index in [0.717, 1.165) is 11.8 Å². The number of rotatable bonds is 3. The van der Waals surface area contributed by atoms with Gasteiger partial charge in [-0.15, -0.1) is 5.10 Å². The molecule has 0 spiro atoms. The summed E-state index contributed by atoms with van der Waals surface area (Å²) in [6.07, 6.45) is 0. The Kier molecular flexibility index (Phi) is 2.78. The molecule has 0 fully saturated rings. The topological polar surface area (TPSA) is 87.8 Å². The molecule has 4 N–H and O–H groups in total. The van der Waals surface area contributed by atoms with E-state index in [1.54, 1.807) is 6.07 Å². The first-order chi connectivity index (χ1) is 8.06. The number of aryl methyl sites for hydroxylation is 1. The molecule has 0 amide bonds. The van der Waals surface area contributed by atoms with Gasteiger partial charge in [-0.3, -0.25) is 10.5 Å². The van der Waals surface area contributed by atoms with Gasteiger partial charge >= 0.3 is 0 Å². The Morgan fingerprint density at radius 2 is 2.24 bits per heavy atom. The fourth-order valence-corrected chi connectivity index (χ4v) is 1.31. The van der Waals surface area contributed by atoms with Crippen molar-refractivity contribution in [2.24, 2.45) is 5.73 Å². The molecule has 0 aliphatic heterocycles. The number of nitrogens with one attached hydrogen (secondary N) is 2. The van der Waals surface area contributed by atoms with Gasteiger partial charge in [0.05, 0.1) is 0 Å². The molecule has 2 aromatic rings. The summed E-state index contributed by atoms with van der Waals surface area (Å²) in [5, 5.41) is 13.7. The lowest BCUT2D eigenvalue weighted by Gasteiger charge is -2.05. The molecule has 88 valence electrons. The minimum absolute atomic E-state index is 0.0431. The number of aromatic amines is 1. The van der Waals surface area contributed by atoms with Crippen LogP contribution in [-0.4, -0.2) is 16.0 Å². The second kappa shape index (κ2) is 4.25. The highest BCUT2D eigenvalue weighted by molar-refractivity contribution is 5.95. The van der Waals surface area contributed by atoms with Gasteiger partial charge in [-0.1, -0.05) is 0 Å². The van der Waals surface area contributed by atoms with E-state index in [-0.39, 0.29) is 17.5 Å². The average molecular weight is 234 g/mol. The van der Waals surface area contributed by atoms with Crippen molar-refractivity contribution >= 4 is 5.84 Å². The van der Waals surface area contributed by atoms with E-state index < -0.39 is 5.82 Å². The summed E-state index contributed by atoms with van der Waals surface area (Å²) in [6.45, 7) is 1.81. The fourth-order valence-electron chi connectivity index (χ4n) is 1.31. The second-order valence-electron chi connectivity index (χ2n) is 3.55.